The van der Waals surface area contributed by atoms with Crippen LogP contribution in [0.1, 0.15) is 40.0 Å². The van der Waals surface area contributed by atoms with Crippen LogP contribution in [0.2, 0.25) is 0 Å². The van der Waals surface area contributed by atoms with Gasteiger partial charge >= 0.3 is 0 Å². The highest BCUT2D eigenvalue weighted by molar-refractivity contribution is 4.91. The first-order valence-corrected chi connectivity index (χ1v) is 6.34. The zero-order chi connectivity index (χ0) is 12.2. The molecule has 3 nitrogen and oxygen atoms in total. The van der Waals surface area contributed by atoms with Gasteiger partial charge in [-0.05, 0) is 52.1 Å². The summed E-state index contributed by atoms with van der Waals surface area (Å²) in [5.41, 5.74) is 5.82. The van der Waals surface area contributed by atoms with Gasteiger partial charge in [0.25, 0.3) is 0 Å². The minimum absolute atomic E-state index is 0.169. The average Bonchev–Trinajstić information content (AvgIpc) is 2.23. The highest BCUT2D eigenvalue weighted by atomic mass is 15.1. The van der Waals surface area contributed by atoms with Crippen molar-refractivity contribution in [1.82, 2.24) is 4.90 Å². The number of hydrogen-bond donors (Lipinski definition) is 1. The van der Waals surface area contributed by atoms with Crippen molar-refractivity contribution in [3.8, 4) is 6.07 Å². The number of nitriles is 1. The molecule has 0 bridgehead atoms. The molecule has 0 aliphatic carbocycles. The summed E-state index contributed by atoms with van der Waals surface area (Å²) in [5, 5.41) is 8.93. The predicted molar refractivity (Wildman–Crippen MR) is 66.8 cm³/mol. The summed E-state index contributed by atoms with van der Waals surface area (Å²) in [4.78, 5) is 2.49. The van der Waals surface area contributed by atoms with Gasteiger partial charge in [-0.2, -0.15) is 5.26 Å². The van der Waals surface area contributed by atoms with E-state index in [4.69, 9.17) is 11.0 Å². The van der Waals surface area contributed by atoms with Gasteiger partial charge < -0.3 is 10.6 Å². The highest BCUT2D eigenvalue weighted by Crippen LogP contribution is 2.22. The number of piperidine rings is 1. The fourth-order valence-corrected chi connectivity index (χ4v) is 2.25. The second-order valence-corrected chi connectivity index (χ2v) is 5.83. The van der Waals surface area contributed by atoms with Crippen LogP contribution in [0, 0.1) is 22.7 Å². The molecule has 2 N–H and O–H groups in total. The first kappa shape index (κ1) is 13.5. The average molecular weight is 223 g/mol. The van der Waals surface area contributed by atoms with E-state index in [0.29, 0.717) is 12.0 Å². The van der Waals surface area contributed by atoms with Crippen LogP contribution in [-0.4, -0.2) is 30.6 Å². The van der Waals surface area contributed by atoms with Crippen molar-refractivity contribution in [2.24, 2.45) is 17.1 Å². The van der Waals surface area contributed by atoms with E-state index in [1.165, 1.54) is 0 Å². The summed E-state index contributed by atoms with van der Waals surface area (Å²) in [5.74, 6) is 0.609. The molecule has 1 aliphatic heterocycles. The largest absolute Gasteiger partial charge is 0.327 e. The molecular formula is C13H25N3. The zero-order valence-electron chi connectivity index (χ0n) is 10.9. The quantitative estimate of drug-likeness (QED) is 0.793. The van der Waals surface area contributed by atoms with Gasteiger partial charge in [-0.1, -0.05) is 6.92 Å². The molecular weight excluding hydrogens is 198 g/mol. The fourth-order valence-electron chi connectivity index (χ4n) is 2.25. The first-order valence-electron chi connectivity index (χ1n) is 6.34. The Morgan fingerprint density at radius 3 is 2.75 bits per heavy atom. The van der Waals surface area contributed by atoms with Gasteiger partial charge in [0.05, 0.1) is 11.5 Å². The van der Waals surface area contributed by atoms with Crippen LogP contribution in [0.25, 0.3) is 0 Å². The lowest BCUT2D eigenvalue weighted by molar-refractivity contribution is 0.158. The molecule has 1 fully saturated rings. The summed E-state index contributed by atoms with van der Waals surface area (Å²) < 4.78 is 0. The maximum absolute atomic E-state index is 8.93. The normalized spacial score (nSPS) is 27.7. The lowest BCUT2D eigenvalue weighted by atomic mass is 9.89. The van der Waals surface area contributed by atoms with E-state index in [-0.39, 0.29) is 5.41 Å². The van der Waals surface area contributed by atoms with Crippen LogP contribution in [-0.2, 0) is 0 Å². The number of likely N-dealkylation sites (tertiary alicyclic amines) is 1. The Balaban J connectivity index is 2.22. The Kier molecular flexibility index (Phi) is 4.76. The Morgan fingerprint density at radius 2 is 2.19 bits per heavy atom. The molecule has 1 aliphatic rings. The summed E-state index contributed by atoms with van der Waals surface area (Å²) >= 11 is 0. The molecule has 0 radical (unpaired) electrons. The Morgan fingerprint density at radius 1 is 1.50 bits per heavy atom. The standard InChI is InChI=1S/C13H25N3/c1-11-9-16(8-5-12(11)15)7-4-6-13(2,3)10-14/h11-12H,4-9,15H2,1-3H3. The molecule has 1 heterocycles. The van der Waals surface area contributed by atoms with Gasteiger partial charge in [-0.15, -0.1) is 0 Å². The van der Waals surface area contributed by atoms with Gasteiger partial charge in [0, 0.05) is 12.6 Å². The van der Waals surface area contributed by atoms with Gasteiger partial charge in [0.2, 0.25) is 0 Å². The summed E-state index contributed by atoms with van der Waals surface area (Å²) in [7, 11) is 0. The molecule has 0 aromatic carbocycles. The third-order valence-electron chi connectivity index (χ3n) is 3.63. The molecule has 0 aromatic heterocycles. The molecule has 2 atom stereocenters. The second-order valence-electron chi connectivity index (χ2n) is 5.83. The molecule has 16 heavy (non-hydrogen) atoms. The third-order valence-corrected chi connectivity index (χ3v) is 3.63. The SMILES string of the molecule is CC1CN(CCCC(C)(C)C#N)CCC1N. The maximum Gasteiger partial charge on any atom is 0.0683 e. The molecule has 2 unspecified atom stereocenters. The smallest absolute Gasteiger partial charge is 0.0683 e. The molecule has 3 heteroatoms. The molecule has 0 spiro atoms. The predicted octanol–water partition coefficient (Wildman–Crippen LogP) is 1.99. The molecule has 92 valence electrons. The fraction of sp³-hybridized carbons (Fsp3) is 0.923. The molecule has 1 saturated heterocycles. The summed E-state index contributed by atoms with van der Waals surface area (Å²) in [6.07, 6.45) is 3.21. The van der Waals surface area contributed by atoms with E-state index in [0.717, 1.165) is 38.9 Å². The topological polar surface area (TPSA) is 53.0 Å². The second kappa shape index (κ2) is 5.65. The molecule has 1 rings (SSSR count). The van der Waals surface area contributed by atoms with E-state index in [2.05, 4.69) is 17.9 Å². The van der Waals surface area contributed by atoms with E-state index < -0.39 is 0 Å². The zero-order valence-corrected chi connectivity index (χ0v) is 10.9. The Hall–Kier alpha value is -0.590. The van der Waals surface area contributed by atoms with Crippen LogP contribution >= 0.6 is 0 Å². The van der Waals surface area contributed by atoms with Crippen molar-refractivity contribution >= 4 is 0 Å². The van der Waals surface area contributed by atoms with Gasteiger partial charge in [-0.25, -0.2) is 0 Å². The summed E-state index contributed by atoms with van der Waals surface area (Å²) in [6, 6.07) is 2.74. The van der Waals surface area contributed by atoms with Gasteiger partial charge in [0.1, 0.15) is 0 Å². The van der Waals surface area contributed by atoms with Crippen molar-refractivity contribution < 1.29 is 0 Å². The van der Waals surface area contributed by atoms with Crippen LogP contribution < -0.4 is 5.73 Å². The van der Waals surface area contributed by atoms with Crippen molar-refractivity contribution in [3.05, 3.63) is 0 Å². The van der Waals surface area contributed by atoms with E-state index >= 15 is 0 Å². The lowest BCUT2D eigenvalue weighted by Crippen LogP contribution is -2.46. The molecule has 0 aromatic rings. The number of rotatable bonds is 4. The lowest BCUT2D eigenvalue weighted by Gasteiger charge is -2.35. The monoisotopic (exact) mass is 223 g/mol. The summed E-state index contributed by atoms with van der Waals surface area (Å²) in [6.45, 7) is 9.62. The van der Waals surface area contributed by atoms with Crippen molar-refractivity contribution in [2.75, 3.05) is 19.6 Å². The van der Waals surface area contributed by atoms with E-state index in [9.17, 15) is 0 Å². The molecule has 0 saturated carbocycles. The van der Waals surface area contributed by atoms with Crippen LogP contribution in [0.5, 0.6) is 0 Å². The van der Waals surface area contributed by atoms with E-state index in [1.54, 1.807) is 0 Å². The highest BCUT2D eigenvalue weighted by Gasteiger charge is 2.23. The number of nitrogens with two attached hydrogens (primary N) is 1. The third kappa shape index (κ3) is 4.11. The maximum atomic E-state index is 8.93. The number of hydrogen-bond acceptors (Lipinski definition) is 3. The van der Waals surface area contributed by atoms with Gasteiger partial charge in [-0.3, -0.25) is 0 Å². The van der Waals surface area contributed by atoms with Crippen LogP contribution in [0.15, 0.2) is 0 Å². The minimum Gasteiger partial charge on any atom is -0.327 e. The van der Waals surface area contributed by atoms with Crippen LogP contribution in [0.3, 0.4) is 0 Å². The van der Waals surface area contributed by atoms with Gasteiger partial charge in [0.15, 0.2) is 0 Å². The minimum atomic E-state index is -0.169. The number of nitrogens with zero attached hydrogens (tertiary/aromatic N) is 2. The molecule has 0 amide bonds. The Bertz CT molecular complexity index is 254. The first-order chi connectivity index (χ1) is 7.44. The van der Waals surface area contributed by atoms with Crippen LogP contribution in [0.4, 0.5) is 0 Å². The van der Waals surface area contributed by atoms with Crippen molar-refractivity contribution in [3.63, 3.8) is 0 Å². The van der Waals surface area contributed by atoms with Crippen molar-refractivity contribution in [1.29, 1.82) is 5.26 Å². The van der Waals surface area contributed by atoms with Crippen molar-refractivity contribution in [2.45, 2.75) is 46.1 Å². The Labute approximate surface area is 99.6 Å². The van der Waals surface area contributed by atoms with E-state index in [1.807, 2.05) is 13.8 Å².